The van der Waals surface area contributed by atoms with Crippen LogP contribution in [0.3, 0.4) is 0 Å². The molecule has 106 valence electrons. The van der Waals surface area contributed by atoms with Gasteiger partial charge in [0.25, 0.3) is 5.91 Å². The molecule has 1 aromatic heterocycles. The lowest BCUT2D eigenvalue weighted by atomic mass is 9.85. The number of carbonyl (C=O) groups is 1. The summed E-state index contributed by atoms with van der Waals surface area (Å²) in [5, 5.41) is 15.2. The summed E-state index contributed by atoms with van der Waals surface area (Å²) in [6.07, 6.45) is 4.22. The van der Waals surface area contributed by atoms with Gasteiger partial charge < -0.3 is 10.4 Å². The molecule has 2 unspecified atom stereocenters. The third kappa shape index (κ3) is 3.54. The van der Waals surface area contributed by atoms with Crippen molar-refractivity contribution in [3.63, 3.8) is 0 Å². The number of thiazole rings is 1. The third-order valence-corrected chi connectivity index (χ3v) is 4.85. The molecule has 1 aliphatic carbocycles. The molecule has 19 heavy (non-hydrogen) atoms. The molecule has 4 nitrogen and oxygen atoms in total. The maximum absolute atomic E-state index is 12.2. The van der Waals surface area contributed by atoms with Crippen LogP contribution in [-0.4, -0.2) is 28.6 Å². The first-order chi connectivity index (χ1) is 9.11. The Morgan fingerprint density at radius 1 is 1.53 bits per heavy atom. The first-order valence-electron chi connectivity index (χ1n) is 6.99. The van der Waals surface area contributed by atoms with Gasteiger partial charge >= 0.3 is 0 Å². The molecule has 0 aliphatic heterocycles. The number of aliphatic hydroxyl groups excluding tert-OH is 1. The van der Waals surface area contributed by atoms with Crippen LogP contribution >= 0.6 is 11.3 Å². The zero-order valence-electron chi connectivity index (χ0n) is 11.6. The number of amides is 1. The summed E-state index contributed by atoms with van der Waals surface area (Å²) in [6.45, 7) is 4.30. The number of rotatable bonds is 4. The van der Waals surface area contributed by atoms with E-state index in [1.54, 1.807) is 0 Å². The maximum Gasteiger partial charge on any atom is 0.270 e. The van der Waals surface area contributed by atoms with Crippen molar-refractivity contribution < 1.29 is 9.90 Å². The van der Waals surface area contributed by atoms with Crippen LogP contribution in [0.25, 0.3) is 0 Å². The fourth-order valence-electron chi connectivity index (χ4n) is 2.52. The number of nitrogens with one attached hydrogen (secondary N) is 1. The number of carbonyl (C=O) groups excluding carboxylic acids is 1. The largest absolute Gasteiger partial charge is 0.396 e. The van der Waals surface area contributed by atoms with Crippen LogP contribution in [-0.2, 0) is 0 Å². The molecule has 1 aromatic rings. The zero-order chi connectivity index (χ0) is 13.8. The van der Waals surface area contributed by atoms with Gasteiger partial charge in [-0.15, -0.1) is 11.3 Å². The van der Waals surface area contributed by atoms with Gasteiger partial charge in [-0.1, -0.05) is 26.7 Å². The van der Waals surface area contributed by atoms with E-state index in [0.717, 1.165) is 30.7 Å². The second kappa shape index (κ2) is 6.48. The van der Waals surface area contributed by atoms with Crippen LogP contribution < -0.4 is 5.32 Å². The highest BCUT2D eigenvalue weighted by Gasteiger charge is 2.26. The van der Waals surface area contributed by atoms with Crippen molar-refractivity contribution in [1.29, 1.82) is 0 Å². The van der Waals surface area contributed by atoms with E-state index in [2.05, 4.69) is 24.1 Å². The summed E-state index contributed by atoms with van der Waals surface area (Å²) in [5.41, 5.74) is 0.510. The molecule has 1 amide bonds. The lowest BCUT2D eigenvalue weighted by Crippen LogP contribution is -2.43. The number of hydrogen-bond acceptors (Lipinski definition) is 4. The van der Waals surface area contributed by atoms with Gasteiger partial charge in [0.15, 0.2) is 0 Å². The van der Waals surface area contributed by atoms with Crippen LogP contribution in [0.4, 0.5) is 0 Å². The third-order valence-electron chi connectivity index (χ3n) is 3.71. The van der Waals surface area contributed by atoms with Crippen molar-refractivity contribution in [3.05, 3.63) is 16.1 Å². The van der Waals surface area contributed by atoms with E-state index < -0.39 is 0 Å². The fourth-order valence-corrected chi connectivity index (χ4v) is 3.33. The van der Waals surface area contributed by atoms with E-state index >= 15 is 0 Å². The highest BCUT2D eigenvalue weighted by Crippen LogP contribution is 2.25. The van der Waals surface area contributed by atoms with Crippen LogP contribution in [0.5, 0.6) is 0 Å². The summed E-state index contributed by atoms with van der Waals surface area (Å²) >= 11 is 1.53. The molecule has 1 saturated carbocycles. The Morgan fingerprint density at radius 2 is 2.26 bits per heavy atom. The monoisotopic (exact) mass is 282 g/mol. The number of hydrogen-bond donors (Lipinski definition) is 2. The predicted molar refractivity (Wildman–Crippen MR) is 76.5 cm³/mol. The SMILES string of the molecule is CC(C)c1nc(C(=O)NC2CCCCC2CO)cs1. The Morgan fingerprint density at radius 3 is 2.89 bits per heavy atom. The highest BCUT2D eigenvalue weighted by molar-refractivity contribution is 7.09. The van der Waals surface area contributed by atoms with Gasteiger partial charge in [-0.2, -0.15) is 0 Å². The normalized spacial score (nSPS) is 23.6. The second-order valence-corrected chi connectivity index (χ2v) is 6.42. The van der Waals surface area contributed by atoms with E-state index in [-0.39, 0.29) is 24.5 Å². The number of aliphatic hydroxyl groups is 1. The molecule has 1 fully saturated rings. The smallest absolute Gasteiger partial charge is 0.270 e. The minimum absolute atomic E-state index is 0.0930. The van der Waals surface area contributed by atoms with Gasteiger partial charge in [-0.25, -0.2) is 4.98 Å². The molecule has 1 aliphatic rings. The summed E-state index contributed by atoms with van der Waals surface area (Å²) < 4.78 is 0. The van der Waals surface area contributed by atoms with E-state index in [0.29, 0.717) is 11.6 Å². The second-order valence-electron chi connectivity index (χ2n) is 5.53. The average Bonchev–Trinajstić information content (AvgIpc) is 2.89. The molecule has 2 N–H and O–H groups in total. The molecule has 0 bridgehead atoms. The minimum Gasteiger partial charge on any atom is -0.396 e. The van der Waals surface area contributed by atoms with Crippen molar-refractivity contribution in [3.8, 4) is 0 Å². The Bertz CT molecular complexity index is 431. The Hall–Kier alpha value is -0.940. The van der Waals surface area contributed by atoms with E-state index in [9.17, 15) is 9.90 Å². The van der Waals surface area contributed by atoms with Crippen molar-refractivity contribution in [1.82, 2.24) is 10.3 Å². The highest BCUT2D eigenvalue weighted by atomic mass is 32.1. The van der Waals surface area contributed by atoms with Gasteiger partial charge in [0.1, 0.15) is 5.69 Å². The first-order valence-corrected chi connectivity index (χ1v) is 7.87. The Kier molecular flexibility index (Phi) is 4.93. The van der Waals surface area contributed by atoms with Gasteiger partial charge in [-0.05, 0) is 12.8 Å². The predicted octanol–water partition coefficient (Wildman–Crippen LogP) is 2.55. The van der Waals surface area contributed by atoms with Gasteiger partial charge in [-0.3, -0.25) is 4.79 Å². The maximum atomic E-state index is 12.2. The lowest BCUT2D eigenvalue weighted by Gasteiger charge is -2.30. The molecule has 1 heterocycles. The molecular formula is C14H22N2O2S. The molecule has 0 spiro atoms. The van der Waals surface area contributed by atoms with E-state index in [1.807, 2.05) is 5.38 Å². The number of aromatic nitrogens is 1. The van der Waals surface area contributed by atoms with Gasteiger partial charge in [0.05, 0.1) is 5.01 Å². The van der Waals surface area contributed by atoms with Crippen LogP contribution in [0.15, 0.2) is 5.38 Å². The molecule has 0 aromatic carbocycles. The molecule has 0 radical (unpaired) electrons. The zero-order valence-corrected chi connectivity index (χ0v) is 12.4. The summed E-state index contributed by atoms with van der Waals surface area (Å²) in [6, 6.07) is 0.0930. The summed E-state index contributed by atoms with van der Waals surface area (Å²) in [5.74, 6) is 0.445. The van der Waals surface area contributed by atoms with E-state index in [4.69, 9.17) is 0 Å². The molecule has 2 rings (SSSR count). The van der Waals surface area contributed by atoms with Crippen molar-refractivity contribution in [2.45, 2.75) is 51.5 Å². The Labute approximate surface area is 118 Å². The van der Waals surface area contributed by atoms with Crippen molar-refractivity contribution in [2.75, 3.05) is 6.61 Å². The molecule has 5 heteroatoms. The quantitative estimate of drug-likeness (QED) is 0.892. The first kappa shape index (κ1) is 14.5. The fraction of sp³-hybridized carbons (Fsp3) is 0.714. The number of nitrogens with zero attached hydrogens (tertiary/aromatic N) is 1. The molecular weight excluding hydrogens is 260 g/mol. The van der Waals surface area contributed by atoms with E-state index in [1.165, 1.54) is 11.3 Å². The standard InChI is InChI=1S/C14H22N2O2S/c1-9(2)14-16-12(8-19-14)13(18)15-11-6-4-3-5-10(11)7-17/h8-11,17H,3-7H2,1-2H3,(H,15,18). The van der Waals surface area contributed by atoms with Crippen LogP contribution in [0.1, 0.15) is 60.9 Å². The molecule has 0 saturated heterocycles. The van der Waals surface area contributed by atoms with Crippen molar-refractivity contribution >= 4 is 17.2 Å². The lowest BCUT2D eigenvalue weighted by molar-refractivity contribution is 0.0868. The Balaban J connectivity index is 1.99. The summed E-state index contributed by atoms with van der Waals surface area (Å²) in [4.78, 5) is 16.5. The van der Waals surface area contributed by atoms with Gasteiger partial charge in [0, 0.05) is 29.9 Å². The van der Waals surface area contributed by atoms with Crippen LogP contribution in [0, 0.1) is 5.92 Å². The van der Waals surface area contributed by atoms with Crippen LogP contribution in [0.2, 0.25) is 0 Å². The topological polar surface area (TPSA) is 62.2 Å². The van der Waals surface area contributed by atoms with Crippen molar-refractivity contribution in [2.24, 2.45) is 5.92 Å². The molecule has 2 atom stereocenters. The average molecular weight is 282 g/mol. The van der Waals surface area contributed by atoms with Gasteiger partial charge in [0.2, 0.25) is 0 Å². The minimum atomic E-state index is -0.103. The summed E-state index contributed by atoms with van der Waals surface area (Å²) in [7, 11) is 0.